The third kappa shape index (κ3) is 4.96. The van der Waals surface area contributed by atoms with Gasteiger partial charge in [-0.25, -0.2) is 14.4 Å². The van der Waals surface area contributed by atoms with Crippen molar-refractivity contribution < 1.29 is 23.9 Å². The van der Waals surface area contributed by atoms with Crippen LogP contribution in [0.5, 0.6) is 0 Å². The van der Waals surface area contributed by atoms with Gasteiger partial charge >= 0.3 is 18.2 Å². The first-order valence-corrected chi connectivity index (χ1v) is 11.3. The van der Waals surface area contributed by atoms with Crippen molar-refractivity contribution in [2.24, 2.45) is 11.7 Å². The number of carbonyl (C=O) groups is 3. The van der Waals surface area contributed by atoms with Crippen LogP contribution in [-0.4, -0.2) is 52.7 Å². The van der Waals surface area contributed by atoms with Crippen molar-refractivity contribution >= 4 is 24.2 Å². The lowest BCUT2D eigenvalue weighted by molar-refractivity contribution is -0.141. The van der Waals surface area contributed by atoms with E-state index >= 15 is 0 Å². The number of rotatable bonds is 6. The van der Waals surface area contributed by atoms with Gasteiger partial charge in [0.05, 0.1) is 13.1 Å². The lowest BCUT2D eigenvalue weighted by Gasteiger charge is -2.23. The summed E-state index contributed by atoms with van der Waals surface area (Å²) in [6, 6.07) is 4.90. The molecular formula is C24H33N3O5. The summed E-state index contributed by atoms with van der Waals surface area (Å²) in [5, 5.41) is 0. The maximum Gasteiger partial charge on any atom is 0.417 e. The molecule has 2 aliphatic rings. The van der Waals surface area contributed by atoms with E-state index in [2.05, 4.69) is 6.58 Å². The molecule has 0 aromatic heterocycles. The summed E-state index contributed by atoms with van der Waals surface area (Å²) in [4.78, 5) is 40.7. The number of hydrogen-bond donors (Lipinski definition) is 1. The van der Waals surface area contributed by atoms with Gasteiger partial charge in [0, 0.05) is 19.0 Å². The van der Waals surface area contributed by atoms with Crippen LogP contribution in [0.15, 0.2) is 24.8 Å². The van der Waals surface area contributed by atoms with Gasteiger partial charge in [-0.3, -0.25) is 4.90 Å². The van der Waals surface area contributed by atoms with Crippen LogP contribution in [0.4, 0.5) is 9.59 Å². The van der Waals surface area contributed by atoms with Crippen LogP contribution in [0.25, 0.3) is 6.08 Å². The first-order chi connectivity index (χ1) is 15.3. The number of likely N-dealkylation sites (tertiary alicyclic amines) is 1. The van der Waals surface area contributed by atoms with E-state index in [1.165, 1.54) is 4.90 Å². The molecule has 1 aromatic carbocycles. The number of nitrogens with zero attached hydrogens (tertiary/aromatic N) is 2. The summed E-state index contributed by atoms with van der Waals surface area (Å²) in [5.74, 6) is -0.816. The minimum atomic E-state index is -0.850. The van der Waals surface area contributed by atoms with Crippen molar-refractivity contribution in [2.45, 2.75) is 71.3 Å². The van der Waals surface area contributed by atoms with E-state index in [4.69, 9.17) is 15.2 Å². The molecule has 2 N–H and O–H groups in total. The van der Waals surface area contributed by atoms with Crippen LogP contribution in [0.3, 0.4) is 0 Å². The summed E-state index contributed by atoms with van der Waals surface area (Å²) in [6.07, 6.45) is 2.05. The molecule has 0 radical (unpaired) electrons. The molecule has 1 unspecified atom stereocenters. The van der Waals surface area contributed by atoms with Crippen molar-refractivity contribution in [1.29, 1.82) is 0 Å². The maximum absolute atomic E-state index is 12.8. The number of nitrogens with two attached hydrogens (primary N) is 1. The second-order valence-corrected chi connectivity index (χ2v) is 8.60. The van der Waals surface area contributed by atoms with Crippen molar-refractivity contribution in [2.75, 3.05) is 6.54 Å². The predicted molar refractivity (Wildman–Crippen MR) is 120 cm³/mol. The predicted octanol–water partition coefficient (Wildman–Crippen LogP) is 3.67. The summed E-state index contributed by atoms with van der Waals surface area (Å²) in [6.45, 7) is 10.7. The van der Waals surface area contributed by atoms with Crippen molar-refractivity contribution in [3.05, 3.63) is 41.5 Å². The Labute approximate surface area is 189 Å². The Morgan fingerprint density at radius 1 is 1.25 bits per heavy atom. The second-order valence-electron chi connectivity index (χ2n) is 8.60. The fraction of sp³-hybridized carbons (Fsp3) is 0.542. The zero-order valence-electron chi connectivity index (χ0n) is 19.1. The van der Waals surface area contributed by atoms with Gasteiger partial charge in [0.15, 0.2) is 0 Å². The van der Waals surface area contributed by atoms with Gasteiger partial charge in [0.25, 0.3) is 0 Å². The van der Waals surface area contributed by atoms with E-state index in [1.54, 1.807) is 11.0 Å². The Morgan fingerprint density at radius 2 is 2.00 bits per heavy atom. The second kappa shape index (κ2) is 10.2. The van der Waals surface area contributed by atoms with Crippen LogP contribution in [0, 0.1) is 5.92 Å². The minimum Gasteiger partial charge on any atom is -0.444 e. The standard InChI is InChI=1S/C24H33N3O5/c1-5-15(4)21(25)22(28)32-24(30)27-13-19(11-18(27)7-3)31-23(29)26-12-17-10-8-9-16(6-2)20(17)14-26/h6,8-10,15,18-19,21H,2,5,7,11-14,25H2,1,3-4H3/t15-,18?,19+,21-/m0/s1. The largest absolute Gasteiger partial charge is 0.444 e. The molecule has 32 heavy (non-hydrogen) atoms. The molecule has 1 aromatic rings. The zero-order chi connectivity index (χ0) is 23.4. The lowest BCUT2D eigenvalue weighted by Crippen LogP contribution is -2.43. The summed E-state index contributed by atoms with van der Waals surface area (Å²) < 4.78 is 10.8. The van der Waals surface area contributed by atoms with Gasteiger partial charge in [0.1, 0.15) is 12.1 Å². The zero-order valence-corrected chi connectivity index (χ0v) is 19.1. The number of esters is 1. The van der Waals surface area contributed by atoms with Gasteiger partial charge in [-0.1, -0.05) is 58.0 Å². The van der Waals surface area contributed by atoms with E-state index in [0.29, 0.717) is 32.4 Å². The van der Waals surface area contributed by atoms with Crippen LogP contribution in [-0.2, 0) is 27.4 Å². The Kier molecular flexibility index (Phi) is 7.56. The summed E-state index contributed by atoms with van der Waals surface area (Å²) in [5.41, 5.74) is 9.06. The molecule has 0 saturated carbocycles. The topological polar surface area (TPSA) is 102 Å². The highest BCUT2D eigenvalue weighted by molar-refractivity contribution is 5.88. The van der Waals surface area contributed by atoms with Crippen LogP contribution in [0.1, 0.15) is 56.7 Å². The fourth-order valence-corrected chi connectivity index (χ4v) is 4.25. The molecule has 1 saturated heterocycles. The molecule has 4 atom stereocenters. The molecule has 0 aliphatic carbocycles. The summed E-state index contributed by atoms with van der Waals surface area (Å²) in [7, 11) is 0. The molecule has 2 amide bonds. The molecule has 0 bridgehead atoms. The number of hydrogen-bond acceptors (Lipinski definition) is 6. The number of ether oxygens (including phenoxy) is 2. The highest BCUT2D eigenvalue weighted by atomic mass is 16.6. The van der Waals surface area contributed by atoms with Crippen LogP contribution < -0.4 is 5.73 Å². The Balaban J connectivity index is 1.58. The Morgan fingerprint density at radius 3 is 2.66 bits per heavy atom. The normalized spacial score (nSPS) is 21.6. The van der Waals surface area contributed by atoms with Crippen molar-refractivity contribution in [1.82, 2.24) is 9.80 Å². The van der Waals surface area contributed by atoms with Crippen LogP contribution in [0.2, 0.25) is 0 Å². The molecule has 2 heterocycles. The fourth-order valence-electron chi connectivity index (χ4n) is 4.25. The average Bonchev–Trinajstić information content (AvgIpc) is 3.41. The van der Waals surface area contributed by atoms with E-state index < -0.39 is 30.3 Å². The molecule has 2 aliphatic heterocycles. The van der Waals surface area contributed by atoms with Gasteiger partial charge in [-0.15, -0.1) is 0 Å². The first-order valence-electron chi connectivity index (χ1n) is 11.3. The maximum atomic E-state index is 12.8. The third-order valence-corrected chi connectivity index (χ3v) is 6.56. The van der Waals surface area contributed by atoms with E-state index in [-0.39, 0.29) is 18.5 Å². The highest BCUT2D eigenvalue weighted by Gasteiger charge is 2.39. The molecule has 8 heteroatoms. The Bertz CT molecular complexity index is 886. The van der Waals surface area contributed by atoms with Gasteiger partial charge < -0.3 is 20.1 Å². The van der Waals surface area contributed by atoms with Gasteiger partial charge in [0.2, 0.25) is 0 Å². The number of carbonyl (C=O) groups excluding carboxylic acids is 3. The molecular weight excluding hydrogens is 410 g/mol. The van der Waals surface area contributed by atoms with Crippen molar-refractivity contribution in [3.8, 4) is 0 Å². The SMILES string of the molecule is C=Cc1cccc2c1CN(C(=O)O[C@@H]1CC(CC)N(C(=O)OC(=O)[C@@H](N)[C@@H](C)CC)C1)C2. The molecule has 1 fully saturated rings. The van der Waals surface area contributed by atoms with E-state index in [1.807, 2.05) is 39.0 Å². The Hall–Kier alpha value is -2.87. The van der Waals surface area contributed by atoms with Crippen molar-refractivity contribution in [3.63, 3.8) is 0 Å². The molecule has 8 nitrogen and oxygen atoms in total. The van der Waals surface area contributed by atoms with E-state index in [9.17, 15) is 14.4 Å². The quantitative estimate of drug-likeness (QED) is 0.532. The third-order valence-electron chi connectivity index (χ3n) is 6.56. The lowest BCUT2D eigenvalue weighted by atomic mass is 10.0. The highest BCUT2D eigenvalue weighted by Crippen LogP contribution is 2.29. The number of amides is 2. The molecule has 0 spiro atoms. The smallest absolute Gasteiger partial charge is 0.417 e. The monoisotopic (exact) mass is 443 g/mol. The average molecular weight is 444 g/mol. The van der Waals surface area contributed by atoms with Gasteiger partial charge in [-0.05, 0) is 29.0 Å². The first kappa shape index (κ1) is 23.8. The van der Waals surface area contributed by atoms with Crippen LogP contribution >= 0.6 is 0 Å². The molecule has 174 valence electrons. The number of benzene rings is 1. The number of fused-ring (bicyclic) bond motifs is 1. The summed E-state index contributed by atoms with van der Waals surface area (Å²) >= 11 is 0. The van der Waals surface area contributed by atoms with E-state index in [0.717, 1.165) is 16.7 Å². The van der Waals surface area contributed by atoms with Gasteiger partial charge in [-0.2, -0.15) is 0 Å². The molecule has 3 rings (SSSR count). The minimum absolute atomic E-state index is 0.0873.